The maximum Gasteiger partial charge on any atom is 0.265 e. The van der Waals surface area contributed by atoms with E-state index in [1.807, 2.05) is 29.6 Å². The van der Waals surface area contributed by atoms with Crippen molar-refractivity contribution in [2.24, 2.45) is 5.92 Å². The molecule has 4 rings (SSSR count). The highest BCUT2D eigenvalue weighted by Crippen LogP contribution is 2.25. The molecule has 5 nitrogen and oxygen atoms in total. The quantitative estimate of drug-likeness (QED) is 0.573. The van der Waals surface area contributed by atoms with Gasteiger partial charge in [0.2, 0.25) is 0 Å². The van der Waals surface area contributed by atoms with Crippen LogP contribution in [0.15, 0.2) is 66.0 Å². The minimum Gasteiger partial charge on any atom is -0.371 e. The van der Waals surface area contributed by atoms with E-state index in [-0.39, 0.29) is 11.8 Å². The second-order valence-electron chi connectivity index (χ2n) is 7.27. The summed E-state index contributed by atoms with van der Waals surface area (Å²) >= 11 is 7.56. The highest BCUT2D eigenvalue weighted by Gasteiger charge is 2.23. The number of carbonyl (C=O) groups is 2. The molecule has 154 valence electrons. The van der Waals surface area contributed by atoms with E-state index in [1.165, 1.54) is 17.0 Å². The lowest BCUT2D eigenvalue weighted by Gasteiger charge is -2.18. The fourth-order valence-electron chi connectivity index (χ4n) is 3.57. The van der Waals surface area contributed by atoms with Gasteiger partial charge in [-0.05, 0) is 54.1 Å². The topological polar surface area (TPSA) is 61.4 Å². The number of anilines is 2. The third-order valence-electron chi connectivity index (χ3n) is 5.18. The van der Waals surface area contributed by atoms with Crippen LogP contribution in [-0.4, -0.2) is 31.4 Å². The first kappa shape index (κ1) is 20.4. The van der Waals surface area contributed by atoms with Crippen LogP contribution in [0.3, 0.4) is 0 Å². The Morgan fingerprint density at radius 2 is 1.90 bits per heavy atom. The van der Waals surface area contributed by atoms with Gasteiger partial charge < -0.3 is 15.5 Å². The lowest BCUT2D eigenvalue weighted by atomic mass is 10.1. The highest BCUT2D eigenvalue weighted by atomic mass is 35.5. The molecule has 7 heteroatoms. The Bertz CT molecular complexity index is 1020. The largest absolute Gasteiger partial charge is 0.371 e. The molecule has 30 heavy (non-hydrogen) atoms. The second kappa shape index (κ2) is 9.32. The Labute approximate surface area is 184 Å². The summed E-state index contributed by atoms with van der Waals surface area (Å²) in [5.74, 6) is -0.00711. The van der Waals surface area contributed by atoms with Crippen LogP contribution in [0.5, 0.6) is 0 Å². The average molecular weight is 440 g/mol. The third kappa shape index (κ3) is 4.83. The van der Waals surface area contributed by atoms with E-state index in [9.17, 15) is 9.59 Å². The Morgan fingerprint density at radius 1 is 1.07 bits per heavy atom. The van der Waals surface area contributed by atoms with Crippen LogP contribution < -0.4 is 15.5 Å². The van der Waals surface area contributed by atoms with E-state index in [1.54, 1.807) is 24.3 Å². The molecule has 0 spiro atoms. The lowest BCUT2D eigenvalue weighted by molar-refractivity contribution is 0.0947. The number of para-hydroxylation sites is 1. The van der Waals surface area contributed by atoms with E-state index < -0.39 is 0 Å². The Hall–Kier alpha value is -2.83. The monoisotopic (exact) mass is 439 g/mol. The minimum absolute atomic E-state index is 0.170. The van der Waals surface area contributed by atoms with Gasteiger partial charge in [-0.25, -0.2) is 0 Å². The Balaban J connectivity index is 1.34. The maximum atomic E-state index is 12.7. The van der Waals surface area contributed by atoms with Crippen molar-refractivity contribution in [2.45, 2.75) is 6.42 Å². The summed E-state index contributed by atoms with van der Waals surface area (Å²) in [6, 6.07) is 18.8. The van der Waals surface area contributed by atoms with Gasteiger partial charge >= 0.3 is 0 Å². The number of hydrogen-bond acceptors (Lipinski definition) is 4. The molecule has 0 saturated carbocycles. The fourth-order valence-corrected chi connectivity index (χ4v) is 4.35. The number of benzene rings is 2. The molecule has 1 unspecified atom stereocenters. The van der Waals surface area contributed by atoms with Crippen LogP contribution in [0.4, 0.5) is 11.4 Å². The van der Waals surface area contributed by atoms with Crippen LogP contribution in [0.1, 0.15) is 26.5 Å². The molecule has 1 atom stereocenters. The molecule has 1 saturated heterocycles. The van der Waals surface area contributed by atoms with Gasteiger partial charge in [0.25, 0.3) is 11.8 Å². The number of halogens is 1. The minimum atomic E-state index is -0.239. The fraction of sp³-hybridized carbons (Fsp3) is 0.217. The standard InChI is InChI=1S/C23H22ClN3O2S/c24-19-9-8-17(13-20(19)26-23(29)21-7-4-12-30-21)22(28)25-14-16-10-11-27(15-16)18-5-2-1-3-6-18/h1-9,12-13,16H,10-11,14-15H2,(H,25,28)(H,26,29). The van der Waals surface area contributed by atoms with Crippen LogP contribution >= 0.6 is 22.9 Å². The predicted molar refractivity (Wildman–Crippen MR) is 123 cm³/mol. The molecular weight excluding hydrogens is 418 g/mol. The number of nitrogens with zero attached hydrogens (tertiary/aromatic N) is 1. The molecular formula is C23H22ClN3O2S. The van der Waals surface area contributed by atoms with Crippen molar-refractivity contribution < 1.29 is 9.59 Å². The van der Waals surface area contributed by atoms with Gasteiger partial charge in [-0.3, -0.25) is 9.59 Å². The van der Waals surface area contributed by atoms with Crippen molar-refractivity contribution in [3.05, 3.63) is 81.5 Å². The van der Waals surface area contributed by atoms with Gasteiger partial charge in [0, 0.05) is 30.9 Å². The van der Waals surface area contributed by atoms with Gasteiger partial charge in [-0.2, -0.15) is 0 Å². The van der Waals surface area contributed by atoms with Crippen molar-refractivity contribution in [3.63, 3.8) is 0 Å². The Morgan fingerprint density at radius 3 is 2.67 bits per heavy atom. The van der Waals surface area contributed by atoms with Crippen molar-refractivity contribution in [3.8, 4) is 0 Å². The molecule has 1 aromatic heterocycles. The summed E-state index contributed by atoms with van der Waals surface area (Å²) in [6.07, 6.45) is 1.04. The number of amides is 2. The molecule has 1 fully saturated rings. The van der Waals surface area contributed by atoms with Crippen molar-refractivity contribution in [2.75, 3.05) is 29.9 Å². The third-order valence-corrected chi connectivity index (χ3v) is 6.38. The van der Waals surface area contributed by atoms with E-state index in [2.05, 4.69) is 27.7 Å². The molecule has 0 aliphatic carbocycles. The predicted octanol–water partition coefficient (Wildman–Crippen LogP) is 4.91. The number of hydrogen-bond donors (Lipinski definition) is 2. The van der Waals surface area contributed by atoms with Gasteiger partial charge in [-0.1, -0.05) is 35.9 Å². The van der Waals surface area contributed by atoms with Crippen LogP contribution in [0, 0.1) is 5.92 Å². The van der Waals surface area contributed by atoms with E-state index >= 15 is 0 Å². The lowest BCUT2D eigenvalue weighted by Crippen LogP contribution is -2.31. The molecule has 3 aromatic rings. The first-order valence-corrected chi connectivity index (χ1v) is 11.1. The molecule has 2 N–H and O–H groups in total. The number of carbonyl (C=O) groups excluding carboxylic acids is 2. The summed E-state index contributed by atoms with van der Waals surface area (Å²) in [7, 11) is 0. The number of nitrogens with one attached hydrogen (secondary N) is 2. The van der Waals surface area contributed by atoms with Crippen molar-refractivity contribution >= 4 is 46.1 Å². The molecule has 2 aromatic carbocycles. The summed E-state index contributed by atoms with van der Waals surface area (Å²) in [6.45, 7) is 2.53. The van der Waals surface area contributed by atoms with Gasteiger partial charge in [0.05, 0.1) is 15.6 Å². The van der Waals surface area contributed by atoms with Crippen LogP contribution in [0.25, 0.3) is 0 Å². The van der Waals surface area contributed by atoms with Crippen molar-refractivity contribution in [1.82, 2.24) is 5.32 Å². The maximum absolute atomic E-state index is 12.7. The SMILES string of the molecule is O=C(NCC1CCN(c2ccccc2)C1)c1ccc(Cl)c(NC(=O)c2cccs2)c1. The summed E-state index contributed by atoms with van der Waals surface area (Å²) < 4.78 is 0. The summed E-state index contributed by atoms with van der Waals surface area (Å²) in [5.41, 5.74) is 2.12. The average Bonchev–Trinajstić information content (AvgIpc) is 3.46. The zero-order valence-corrected chi connectivity index (χ0v) is 17.9. The molecule has 2 heterocycles. The smallest absolute Gasteiger partial charge is 0.265 e. The molecule has 0 bridgehead atoms. The van der Waals surface area contributed by atoms with Crippen LogP contribution in [-0.2, 0) is 0 Å². The molecule has 2 amide bonds. The van der Waals surface area contributed by atoms with E-state index in [4.69, 9.17) is 11.6 Å². The highest BCUT2D eigenvalue weighted by molar-refractivity contribution is 7.12. The second-order valence-corrected chi connectivity index (χ2v) is 8.63. The number of thiophene rings is 1. The van der Waals surface area contributed by atoms with Gasteiger partial charge in [-0.15, -0.1) is 11.3 Å². The summed E-state index contributed by atoms with van der Waals surface area (Å²) in [4.78, 5) is 27.9. The van der Waals surface area contributed by atoms with Crippen molar-refractivity contribution in [1.29, 1.82) is 0 Å². The van der Waals surface area contributed by atoms with Crippen LogP contribution in [0.2, 0.25) is 5.02 Å². The van der Waals surface area contributed by atoms with Gasteiger partial charge in [0.15, 0.2) is 0 Å². The van der Waals surface area contributed by atoms with E-state index in [0.29, 0.717) is 33.6 Å². The number of rotatable bonds is 6. The zero-order valence-electron chi connectivity index (χ0n) is 16.3. The first-order chi connectivity index (χ1) is 14.6. The van der Waals surface area contributed by atoms with Gasteiger partial charge in [0.1, 0.15) is 0 Å². The molecule has 1 aliphatic rings. The Kier molecular flexibility index (Phi) is 6.35. The molecule has 0 radical (unpaired) electrons. The van der Waals surface area contributed by atoms with E-state index in [0.717, 1.165) is 19.5 Å². The molecule has 1 aliphatic heterocycles. The zero-order chi connectivity index (χ0) is 20.9. The first-order valence-electron chi connectivity index (χ1n) is 9.83. The summed E-state index contributed by atoms with van der Waals surface area (Å²) in [5, 5.41) is 8.03. The normalized spacial score (nSPS) is 15.8.